The molecule has 0 bridgehead atoms. The number of furan rings is 1. The maximum absolute atomic E-state index is 12.4. The van der Waals surface area contributed by atoms with Crippen molar-refractivity contribution in [2.24, 2.45) is 5.73 Å². The molecule has 1 aromatic heterocycles. The van der Waals surface area contributed by atoms with Crippen LogP contribution in [0.4, 0.5) is 0 Å². The van der Waals surface area contributed by atoms with Crippen LogP contribution in [0.25, 0.3) is 0 Å². The van der Waals surface area contributed by atoms with E-state index in [1.165, 1.54) is 0 Å². The van der Waals surface area contributed by atoms with Gasteiger partial charge in [0.15, 0.2) is 0 Å². The van der Waals surface area contributed by atoms with E-state index < -0.39 is 0 Å². The molecule has 1 aliphatic rings. The SMILES string of the molecule is Cc1cc(C(=O)N(C)C2CCC(N)CC2)c(C)o1. The van der Waals surface area contributed by atoms with E-state index in [4.69, 9.17) is 10.2 Å². The van der Waals surface area contributed by atoms with E-state index in [-0.39, 0.29) is 5.91 Å². The van der Waals surface area contributed by atoms with Crippen LogP contribution < -0.4 is 5.73 Å². The molecule has 100 valence electrons. The number of nitrogens with zero attached hydrogens (tertiary/aromatic N) is 1. The minimum Gasteiger partial charge on any atom is -0.466 e. The number of nitrogens with two attached hydrogens (primary N) is 1. The van der Waals surface area contributed by atoms with Gasteiger partial charge in [-0.05, 0) is 45.6 Å². The fourth-order valence-corrected chi connectivity index (χ4v) is 2.69. The standard InChI is InChI=1S/C14H22N2O2/c1-9-8-13(10(2)18-9)14(17)16(3)12-6-4-11(15)5-7-12/h8,11-12H,4-7,15H2,1-3H3. The average molecular weight is 250 g/mol. The number of amides is 1. The van der Waals surface area contributed by atoms with Crippen molar-refractivity contribution in [3.63, 3.8) is 0 Å². The molecule has 18 heavy (non-hydrogen) atoms. The van der Waals surface area contributed by atoms with E-state index in [0.29, 0.717) is 23.4 Å². The van der Waals surface area contributed by atoms with Gasteiger partial charge in [0.1, 0.15) is 11.5 Å². The second-order valence-electron chi connectivity index (χ2n) is 5.31. The lowest BCUT2D eigenvalue weighted by atomic mass is 9.90. The van der Waals surface area contributed by atoms with E-state index in [0.717, 1.165) is 31.4 Å². The van der Waals surface area contributed by atoms with Crippen LogP contribution in [0, 0.1) is 13.8 Å². The monoisotopic (exact) mass is 250 g/mol. The van der Waals surface area contributed by atoms with Crippen molar-refractivity contribution in [2.45, 2.75) is 51.6 Å². The topological polar surface area (TPSA) is 59.5 Å². The molecule has 0 aromatic carbocycles. The van der Waals surface area contributed by atoms with E-state index >= 15 is 0 Å². The highest BCUT2D eigenvalue weighted by atomic mass is 16.3. The van der Waals surface area contributed by atoms with Crippen LogP contribution in [0.5, 0.6) is 0 Å². The summed E-state index contributed by atoms with van der Waals surface area (Å²) in [6.45, 7) is 3.70. The number of hydrogen-bond donors (Lipinski definition) is 1. The van der Waals surface area contributed by atoms with Gasteiger partial charge in [-0.15, -0.1) is 0 Å². The fraction of sp³-hybridized carbons (Fsp3) is 0.643. The second kappa shape index (κ2) is 5.14. The molecule has 1 fully saturated rings. The van der Waals surface area contributed by atoms with Crippen molar-refractivity contribution in [3.8, 4) is 0 Å². The summed E-state index contributed by atoms with van der Waals surface area (Å²) < 4.78 is 5.42. The van der Waals surface area contributed by atoms with Gasteiger partial charge in [-0.3, -0.25) is 4.79 Å². The van der Waals surface area contributed by atoms with Crippen LogP contribution in [-0.2, 0) is 0 Å². The first-order chi connectivity index (χ1) is 8.49. The van der Waals surface area contributed by atoms with Crippen molar-refractivity contribution in [1.82, 2.24) is 4.90 Å². The van der Waals surface area contributed by atoms with E-state index in [9.17, 15) is 4.79 Å². The third-order valence-corrected chi connectivity index (χ3v) is 3.88. The Balaban J connectivity index is 2.07. The average Bonchev–Trinajstić information content (AvgIpc) is 2.67. The molecule has 2 N–H and O–H groups in total. The van der Waals surface area contributed by atoms with Gasteiger partial charge in [-0.2, -0.15) is 0 Å². The number of hydrogen-bond acceptors (Lipinski definition) is 3. The maximum atomic E-state index is 12.4. The highest BCUT2D eigenvalue weighted by Crippen LogP contribution is 2.24. The minimum absolute atomic E-state index is 0.0600. The number of aryl methyl sites for hydroxylation is 2. The summed E-state index contributed by atoms with van der Waals surface area (Å²) in [6, 6.07) is 2.44. The third kappa shape index (κ3) is 2.58. The summed E-state index contributed by atoms with van der Waals surface area (Å²) in [5.41, 5.74) is 6.58. The van der Waals surface area contributed by atoms with Crippen LogP contribution in [0.3, 0.4) is 0 Å². The van der Waals surface area contributed by atoms with Gasteiger partial charge in [0.05, 0.1) is 5.56 Å². The van der Waals surface area contributed by atoms with Crippen LogP contribution in [0.2, 0.25) is 0 Å². The number of carbonyl (C=O) groups is 1. The highest BCUT2D eigenvalue weighted by molar-refractivity contribution is 5.95. The van der Waals surface area contributed by atoms with E-state index in [1.54, 1.807) is 0 Å². The molecule has 0 aliphatic heterocycles. The molecule has 0 spiro atoms. The smallest absolute Gasteiger partial charge is 0.257 e. The zero-order valence-corrected chi connectivity index (χ0v) is 11.4. The van der Waals surface area contributed by atoms with Crippen molar-refractivity contribution < 1.29 is 9.21 Å². The van der Waals surface area contributed by atoms with Crippen LogP contribution >= 0.6 is 0 Å². The number of rotatable bonds is 2. The van der Waals surface area contributed by atoms with Gasteiger partial charge in [-0.25, -0.2) is 0 Å². The van der Waals surface area contributed by atoms with Crippen LogP contribution in [0.1, 0.15) is 47.6 Å². The Labute approximate surface area is 108 Å². The fourth-order valence-electron chi connectivity index (χ4n) is 2.69. The van der Waals surface area contributed by atoms with Crippen LogP contribution in [0.15, 0.2) is 10.5 Å². The molecule has 4 nitrogen and oxygen atoms in total. The molecule has 1 saturated carbocycles. The first-order valence-corrected chi connectivity index (χ1v) is 6.59. The lowest BCUT2D eigenvalue weighted by Crippen LogP contribution is -2.41. The Morgan fingerprint density at radius 2 is 1.94 bits per heavy atom. The van der Waals surface area contributed by atoms with Gasteiger partial charge >= 0.3 is 0 Å². The Bertz CT molecular complexity index is 431. The number of carbonyl (C=O) groups excluding carboxylic acids is 1. The molecule has 0 saturated heterocycles. The lowest BCUT2D eigenvalue weighted by Gasteiger charge is -2.33. The van der Waals surface area contributed by atoms with E-state index in [2.05, 4.69) is 0 Å². The maximum Gasteiger partial charge on any atom is 0.257 e. The van der Waals surface area contributed by atoms with Gasteiger partial charge in [0.2, 0.25) is 0 Å². The summed E-state index contributed by atoms with van der Waals surface area (Å²) in [7, 11) is 1.88. The first-order valence-electron chi connectivity index (χ1n) is 6.59. The van der Waals surface area contributed by atoms with Crippen molar-refractivity contribution in [1.29, 1.82) is 0 Å². The Kier molecular flexibility index (Phi) is 3.76. The normalized spacial score (nSPS) is 24.0. The Hall–Kier alpha value is -1.29. The Morgan fingerprint density at radius 1 is 1.33 bits per heavy atom. The molecular weight excluding hydrogens is 228 g/mol. The molecular formula is C14H22N2O2. The zero-order valence-electron chi connectivity index (χ0n) is 11.4. The molecule has 2 rings (SSSR count). The molecule has 4 heteroatoms. The van der Waals surface area contributed by atoms with Gasteiger partial charge in [0.25, 0.3) is 5.91 Å². The molecule has 1 heterocycles. The van der Waals surface area contributed by atoms with Crippen molar-refractivity contribution >= 4 is 5.91 Å². The van der Waals surface area contributed by atoms with Gasteiger partial charge < -0.3 is 15.1 Å². The highest BCUT2D eigenvalue weighted by Gasteiger charge is 2.27. The summed E-state index contributed by atoms with van der Waals surface area (Å²) >= 11 is 0. The van der Waals surface area contributed by atoms with Crippen molar-refractivity contribution in [2.75, 3.05) is 7.05 Å². The second-order valence-corrected chi connectivity index (χ2v) is 5.31. The summed E-state index contributed by atoms with van der Waals surface area (Å²) in [4.78, 5) is 14.2. The van der Waals surface area contributed by atoms with Crippen molar-refractivity contribution in [3.05, 3.63) is 23.2 Å². The summed E-state index contributed by atoms with van der Waals surface area (Å²) in [6.07, 6.45) is 4.01. The van der Waals surface area contributed by atoms with Gasteiger partial charge in [-0.1, -0.05) is 0 Å². The van der Waals surface area contributed by atoms with E-state index in [1.807, 2.05) is 31.9 Å². The molecule has 0 atom stereocenters. The summed E-state index contributed by atoms with van der Waals surface area (Å²) in [5.74, 6) is 1.55. The first kappa shape index (κ1) is 13.1. The molecule has 0 radical (unpaired) electrons. The zero-order chi connectivity index (χ0) is 13.3. The quantitative estimate of drug-likeness (QED) is 0.875. The predicted molar refractivity (Wildman–Crippen MR) is 70.5 cm³/mol. The lowest BCUT2D eigenvalue weighted by molar-refractivity contribution is 0.0688. The molecule has 1 aromatic rings. The van der Waals surface area contributed by atoms with Crippen LogP contribution in [-0.4, -0.2) is 29.9 Å². The third-order valence-electron chi connectivity index (χ3n) is 3.88. The largest absolute Gasteiger partial charge is 0.466 e. The molecule has 0 unspecified atom stereocenters. The minimum atomic E-state index is 0.0600. The molecule has 1 aliphatic carbocycles. The predicted octanol–water partition coefficient (Wildman–Crippen LogP) is 2.24. The Morgan fingerprint density at radius 3 is 2.44 bits per heavy atom. The summed E-state index contributed by atoms with van der Waals surface area (Å²) in [5, 5.41) is 0. The van der Waals surface area contributed by atoms with Gasteiger partial charge in [0, 0.05) is 19.1 Å². The molecule has 1 amide bonds.